The molecule has 2 rings (SSSR count). The maximum atomic E-state index is 12.1. The summed E-state index contributed by atoms with van der Waals surface area (Å²) >= 11 is 0. The Labute approximate surface area is 150 Å². The first-order valence-electron chi connectivity index (χ1n) is 7.73. The molecule has 2 aromatic carbocycles. The fourth-order valence-corrected chi connectivity index (χ4v) is 3.18. The minimum atomic E-state index is -3.62. The Kier molecular flexibility index (Phi) is 6.24. The van der Waals surface area contributed by atoms with Crippen LogP contribution in [0.15, 0.2) is 59.5 Å². The van der Waals surface area contributed by atoms with Crippen LogP contribution in [0.4, 0.5) is 0 Å². The first-order valence-corrected chi connectivity index (χ1v) is 9.38. The van der Waals surface area contributed by atoms with Crippen LogP contribution in [0.25, 0.3) is 0 Å². The maximum Gasteiger partial charge on any atom is 0.339 e. The highest BCUT2D eigenvalue weighted by atomic mass is 32.2. The summed E-state index contributed by atoms with van der Waals surface area (Å²) in [5.74, 6) is -2.58. The van der Waals surface area contributed by atoms with Crippen molar-refractivity contribution in [1.82, 2.24) is 5.32 Å². The van der Waals surface area contributed by atoms with E-state index in [1.165, 1.54) is 43.3 Å². The van der Waals surface area contributed by atoms with Crippen LogP contribution in [-0.2, 0) is 19.4 Å². The van der Waals surface area contributed by atoms with Crippen LogP contribution in [-0.4, -0.2) is 38.6 Å². The van der Waals surface area contributed by atoms with Gasteiger partial charge in [-0.3, -0.25) is 14.9 Å². The van der Waals surface area contributed by atoms with Gasteiger partial charge in [-0.2, -0.15) is 0 Å². The number of esters is 1. The summed E-state index contributed by atoms with van der Waals surface area (Å²) < 4.78 is 28.9. The molecular formula is C18H17NO6S. The molecule has 0 saturated carbocycles. The van der Waals surface area contributed by atoms with Crippen molar-refractivity contribution in [2.24, 2.45) is 0 Å². The molecule has 0 bridgehead atoms. The summed E-state index contributed by atoms with van der Waals surface area (Å²) in [6.07, 6.45) is 0. The zero-order chi connectivity index (χ0) is 19.2. The SMILES string of the molecule is CCS(=O)(=O)c1ccccc1C(=O)OCC(=O)NC(=O)c1ccccc1. The number of carbonyl (C=O) groups is 3. The van der Waals surface area contributed by atoms with Crippen molar-refractivity contribution >= 4 is 27.6 Å². The Balaban J connectivity index is 2.01. The van der Waals surface area contributed by atoms with Crippen LogP contribution in [0.5, 0.6) is 0 Å². The number of hydrogen-bond acceptors (Lipinski definition) is 6. The lowest BCUT2D eigenvalue weighted by Crippen LogP contribution is -2.34. The molecule has 0 aliphatic heterocycles. The number of benzene rings is 2. The molecule has 1 N–H and O–H groups in total. The number of sulfone groups is 1. The molecule has 0 saturated heterocycles. The number of ether oxygens (including phenoxy) is 1. The van der Waals surface area contributed by atoms with Gasteiger partial charge in [0, 0.05) is 5.56 Å². The van der Waals surface area contributed by atoms with E-state index in [2.05, 4.69) is 5.32 Å². The third-order valence-corrected chi connectivity index (χ3v) is 5.23. The van der Waals surface area contributed by atoms with Gasteiger partial charge in [-0.25, -0.2) is 13.2 Å². The molecule has 2 aromatic rings. The average Bonchev–Trinajstić information content (AvgIpc) is 2.66. The van der Waals surface area contributed by atoms with Crippen molar-refractivity contribution in [2.45, 2.75) is 11.8 Å². The second kappa shape index (κ2) is 8.39. The third kappa shape index (κ3) is 4.76. The van der Waals surface area contributed by atoms with E-state index in [0.29, 0.717) is 0 Å². The highest BCUT2D eigenvalue weighted by Crippen LogP contribution is 2.17. The Bertz CT molecular complexity index is 922. The van der Waals surface area contributed by atoms with E-state index in [9.17, 15) is 22.8 Å². The molecule has 7 nitrogen and oxygen atoms in total. The maximum absolute atomic E-state index is 12.1. The normalized spacial score (nSPS) is 10.8. The molecule has 0 atom stereocenters. The van der Waals surface area contributed by atoms with Gasteiger partial charge in [0.1, 0.15) is 0 Å². The van der Waals surface area contributed by atoms with E-state index in [1.54, 1.807) is 18.2 Å². The quantitative estimate of drug-likeness (QED) is 0.769. The first kappa shape index (κ1) is 19.3. The topological polar surface area (TPSA) is 107 Å². The molecule has 136 valence electrons. The van der Waals surface area contributed by atoms with E-state index >= 15 is 0 Å². The van der Waals surface area contributed by atoms with Crippen LogP contribution in [0.3, 0.4) is 0 Å². The van der Waals surface area contributed by atoms with E-state index in [1.807, 2.05) is 0 Å². The molecule has 0 fully saturated rings. The number of rotatable bonds is 6. The van der Waals surface area contributed by atoms with Crippen LogP contribution in [0.2, 0.25) is 0 Å². The van der Waals surface area contributed by atoms with Crippen LogP contribution >= 0.6 is 0 Å². The summed E-state index contributed by atoms with van der Waals surface area (Å²) in [5.41, 5.74) is 0.128. The molecule has 0 radical (unpaired) electrons. The molecule has 2 amide bonds. The number of imide groups is 1. The average molecular weight is 375 g/mol. The summed E-state index contributed by atoms with van der Waals surface area (Å²) in [6, 6.07) is 13.7. The zero-order valence-electron chi connectivity index (χ0n) is 14.0. The predicted octanol–water partition coefficient (Wildman–Crippen LogP) is 1.59. The third-order valence-electron chi connectivity index (χ3n) is 3.45. The van der Waals surface area contributed by atoms with Gasteiger partial charge in [-0.15, -0.1) is 0 Å². The van der Waals surface area contributed by atoms with Crippen molar-refractivity contribution in [1.29, 1.82) is 0 Å². The van der Waals surface area contributed by atoms with Crippen molar-refractivity contribution in [2.75, 3.05) is 12.4 Å². The second-order valence-electron chi connectivity index (χ2n) is 5.22. The highest BCUT2D eigenvalue weighted by molar-refractivity contribution is 7.91. The number of nitrogens with one attached hydrogen (secondary N) is 1. The fourth-order valence-electron chi connectivity index (χ4n) is 2.10. The molecular weight excluding hydrogens is 358 g/mol. The second-order valence-corrected chi connectivity index (χ2v) is 7.47. The molecule has 26 heavy (non-hydrogen) atoms. The molecule has 0 unspecified atom stereocenters. The van der Waals surface area contributed by atoms with Gasteiger partial charge in [0.15, 0.2) is 16.4 Å². The lowest BCUT2D eigenvalue weighted by atomic mass is 10.2. The van der Waals surface area contributed by atoms with Crippen molar-refractivity contribution < 1.29 is 27.5 Å². The minimum Gasteiger partial charge on any atom is -0.452 e. The van der Waals surface area contributed by atoms with Gasteiger partial charge < -0.3 is 4.74 Å². The monoisotopic (exact) mass is 375 g/mol. The molecule has 0 aliphatic carbocycles. The molecule has 0 aromatic heterocycles. The Morgan fingerprint density at radius 1 is 0.962 bits per heavy atom. The van der Waals surface area contributed by atoms with E-state index in [4.69, 9.17) is 4.74 Å². The van der Waals surface area contributed by atoms with E-state index < -0.39 is 34.2 Å². The summed E-state index contributed by atoms with van der Waals surface area (Å²) in [6.45, 7) is 0.748. The summed E-state index contributed by atoms with van der Waals surface area (Å²) in [5, 5.41) is 2.09. The number of hydrogen-bond donors (Lipinski definition) is 1. The van der Waals surface area contributed by atoms with Crippen LogP contribution in [0.1, 0.15) is 27.6 Å². The lowest BCUT2D eigenvalue weighted by Gasteiger charge is -2.09. The summed E-state index contributed by atoms with van der Waals surface area (Å²) in [4.78, 5) is 35.6. The predicted molar refractivity (Wildman–Crippen MR) is 93.4 cm³/mol. The van der Waals surface area contributed by atoms with Crippen LogP contribution in [0, 0.1) is 0 Å². The van der Waals surface area contributed by atoms with Crippen molar-refractivity contribution in [3.63, 3.8) is 0 Å². The van der Waals surface area contributed by atoms with Gasteiger partial charge in [0.25, 0.3) is 11.8 Å². The van der Waals surface area contributed by atoms with E-state index in [-0.39, 0.29) is 21.8 Å². The molecule has 0 heterocycles. The Hall–Kier alpha value is -3.00. The molecule has 0 aliphatic rings. The van der Waals surface area contributed by atoms with Gasteiger partial charge in [-0.05, 0) is 24.3 Å². The standard InChI is InChI=1S/C18H17NO6S/c1-2-26(23,24)15-11-7-6-10-14(15)18(22)25-12-16(20)19-17(21)13-8-4-3-5-9-13/h3-11H,2,12H2,1H3,(H,19,20,21). The van der Waals surface area contributed by atoms with E-state index in [0.717, 1.165) is 0 Å². The van der Waals surface area contributed by atoms with Crippen molar-refractivity contribution in [3.05, 3.63) is 65.7 Å². The van der Waals surface area contributed by atoms with Gasteiger partial charge in [0.2, 0.25) is 0 Å². The first-order chi connectivity index (χ1) is 12.3. The highest BCUT2D eigenvalue weighted by Gasteiger charge is 2.22. The lowest BCUT2D eigenvalue weighted by molar-refractivity contribution is -0.123. The van der Waals surface area contributed by atoms with Crippen molar-refractivity contribution in [3.8, 4) is 0 Å². The number of amides is 2. The Morgan fingerprint density at radius 3 is 2.23 bits per heavy atom. The Morgan fingerprint density at radius 2 is 1.58 bits per heavy atom. The molecule has 8 heteroatoms. The van der Waals surface area contributed by atoms with Crippen LogP contribution < -0.4 is 5.32 Å². The molecule has 0 spiro atoms. The number of carbonyl (C=O) groups excluding carboxylic acids is 3. The smallest absolute Gasteiger partial charge is 0.339 e. The van der Waals surface area contributed by atoms with Gasteiger partial charge in [-0.1, -0.05) is 37.3 Å². The summed E-state index contributed by atoms with van der Waals surface area (Å²) in [7, 11) is -3.62. The van der Waals surface area contributed by atoms with Gasteiger partial charge >= 0.3 is 5.97 Å². The minimum absolute atomic E-state index is 0.156. The largest absolute Gasteiger partial charge is 0.452 e. The fraction of sp³-hybridized carbons (Fsp3) is 0.167. The zero-order valence-corrected chi connectivity index (χ0v) is 14.8. The van der Waals surface area contributed by atoms with Gasteiger partial charge in [0.05, 0.1) is 16.2 Å².